The first-order valence-electron chi connectivity index (χ1n) is 13.9. The van der Waals surface area contributed by atoms with Crippen LogP contribution in [0.15, 0.2) is 64.0 Å². The number of aliphatic carboxylic acids is 1. The van der Waals surface area contributed by atoms with E-state index < -0.39 is 53.1 Å². The number of carboxylic acid groups (broad SMARTS) is 1. The van der Waals surface area contributed by atoms with Gasteiger partial charge in [0.15, 0.2) is 6.19 Å². The van der Waals surface area contributed by atoms with Crippen molar-refractivity contribution in [2.45, 2.75) is 29.3 Å². The van der Waals surface area contributed by atoms with E-state index in [0.29, 0.717) is 22.7 Å². The van der Waals surface area contributed by atoms with Crippen LogP contribution in [0.1, 0.15) is 18.5 Å². The molecule has 4 N–H and O–H groups in total. The summed E-state index contributed by atoms with van der Waals surface area (Å²) in [6.07, 6.45) is 1.85. The van der Waals surface area contributed by atoms with Gasteiger partial charge < -0.3 is 20.6 Å². The number of benzene rings is 2. The van der Waals surface area contributed by atoms with Crippen LogP contribution in [-0.4, -0.2) is 92.2 Å². The first-order valence-corrected chi connectivity index (χ1v) is 16.8. The molecule has 2 aromatic carbocycles. The number of carboxylic acids is 1. The Kier molecular flexibility index (Phi) is 10.1. The minimum absolute atomic E-state index is 0.0489. The van der Waals surface area contributed by atoms with Crippen LogP contribution in [0.5, 0.6) is 0 Å². The van der Waals surface area contributed by atoms with E-state index in [2.05, 4.69) is 38.5 Å². The van der Waals surface area contributed by atoms with Crippen molar-refractivity contribution >= 4 is 87.4 Å². The van der Waals surface area contributed by atoms with E-state index in [1.807, 2.05) is 6.19 Å². The monoisotopic (exact) mass is 775 g/mol. The molecule has 46 heavy (non-hydrogen) atoms. The van der Waals surface area contributed by atoms with Crippen LogP contribution in [0, 0.1) is 15.0 Å². The molecule has 3 aliphatic rings. The Hall–Kier alpha value is -4.28. The Balaban J connectivity index is 1.32. The fraction of sp³-hybridized carbons (Fsp3) is 0.276. The zero-order valence-corrected chi connectivity index (χ0v) is 27.8. The lowest BCUT2D eigenvalue weighted by Gasteiger charge is -2.49. The second-order valence-corrected chi connectivity index (χ2v) is 13.5. The van der Waals surface area contributed by atoms with E-state index in [1.54, 1.807) is 55.5 Å². The van der Waals surface area contributed by atoms with E-state index in [-0.39, 0.29) is 24.5 Å². The number of nitrogens with one attached hydrogen (secondary N) is 3. The van der Waals surface area contributed by atoms with E-state index in [4.69, 9.17) is 5.26 Å². The van der Waals surface area contributed by atoms with Gasteiger partial charge in [-0.25, -0.2) is 9.59 Å². The molecule has 2 saturated heterocycles. The molecule has 3 atom stereocenters. The molecule has 14 nitrogen and oxygen atoms in total. The van der Waals surface area contributed by atoms with Crippen molar-refractivity contribution in [2.75, 3.05) is 30.7 Å². The van der Waals surface area contributed by atoms with Gasteiger partial charge in [-0.3, -0.25) is 34.3 Å². The van der Waals surface area contributed by atoms with Gasteiger partial charge in [0.1, 0.15) is 23.2 Å². The predicted molar refractivity (Wildman–Crippen MR) is 176 cm³/mol. The molecule has 0 aliphatic carbocycles. The summed E-state index contributed by atoms with van der Waals surface area (Å²) in [6.45, 7) is 2.14. The fourth-order valence-electron chi connectivity index (χ4n) is 5.08. The largest absolute Gasteiger partial charge is 0.477 e. The normalized spacial score (nSPS) is 19.9. The van der Waals surface area contributed by atoms with Gasteiger partial charge in [-0.05, 0) is 53.3 Å². The quantitative estimate of drug-likeness (QED) is 0.0960. The van der Waals surface area contributed by atoms with Crippen LogP contribution < -0.4 is 16.0 Å². The summed E-state index contributed by atoms with van der Waals surface area (Å²) in [7, 11) is 0. The molecule has 0 spiro atoms. The third-order valence-corrected chi connectivity index (χ3v) is 11.3. The van der Waals surface area contributed by atoms with Crippen molar-refractivity contribution in [3.8, 4) is 6.19 Å². The lowest BCUT2D eigenvalue weighted by Crippen LogP contribution is -2.71. The van der Waals surface area contributed by atoms with Crippen molar-refractivity contribution in [3.05, 3.63) is 68.3 Å². The smallest absolute Gasteiger partial charge is 0.353 e. The van der Waals surface area contributed by atoms with Crippen LogP contribution in [0.25, 0.3) is 0 Å². The van der Waals surface area contributed by atoms with Crippen molar-refractivity contribution < 1.29 is 33.9 Å². The van der Waals surface area contributed by atoms with Crippen LogP contribution in [-0.2, 0) is 24.0 Å². The second kappa shape index (κ2) is 14.0. The molecule has 238 valence electrons. The van der Waals surface area contributed by atoms with Gasteiger partial charge in [0.2, 0.25) is 5.91 Å². The van der Waals surface area contributed by atoms with Gasteiger partial charge in [0.25, 0.3) is 5.91 Å². The summed E-state index contributed by atoms with van der Waals surface area (Å²) in [4.78, 5) is 81.9. The van der Waals surface area contributed by atoms with E-state index in [1.165, 1.54) is 28.4 Å². The van der Waals surface area contributed by atoms with Gasteiger partial charge in [-0.1, -0.05) is 42.1 Å². The summed E-state index contributed by atoms with van der Waals surface area (Å²) < 4.78 is 0.777. The number of β-lactam (4-membered cyclic amide) rings is 1. The molecule has 5 rings (SSSR count). The highest BCUT2D eigenvalue weighted by atomic mass is 127. The number of hydrogen-bond donors (Lipinski definition) is 4. The number of hydrogen-bond acceptors (Lipinski definition) is 10. The molecular weight excluding hydrogens is 749 g/mol. The molecule has 17 heteroatoms. The highest BCUT2D eigenvalue weighted by molar-refractivity contribution is 14.1. The van der Waals surface area contributed by atoms with Crippen molar-refractivity contribution in [3.63, 3.8) is 0 Å². The molecule has 6 amide bonds. The number of nitriles is 1. The van der Waals surface area contributed by atoms with Crippen LogP contribution in [0.3, 0.4) is 0 Å². The zero-order chi connectivity index (χ0) is 33.1. The van der Waals surface area contributed by atoms with Crippen molar-refractivity contribution in [1.82, 2.24) is 25.3 Å². The average Bonchev–Trinajstić information content (AvgIpc) is 3.04. The number of nitrogens with zero attached hydrogens (tertiary/aromatic N) is 4. The van der Waals surface area contributed by atoms with Gasteiger partial charge in [-0.15, -0.1) is 11.8 Å². The highest BCUT2D eigenvalue weighted by Gasteiger charge is 2.55. The number of halogens is 1. The summed E-state index contributed by atoms with van der Waals surface area (Å²) >= 11 is 4.58. The first-order chi connectivity index (χ1) is 22.0. The van der Waals surface area contributed by atoms with Gasteiger partial charge >= 0.3 is 23.8 Å². The number of fused-ring (bicyclic) bond motifs is 1. The number of likely N-dealkylation sites (N-methyl/N-ethyl adjacent to an activating group) is 1. The van der Waals surface area contributed by atoms with Gasteiger partial charge in [0.05, 0.1) is 0 Å². The lowest BCUT2D eigenvalue weighted by atomic mass is 10.0. The maximum atomic E-state index is 13.6. The van der Waals surface area contributed by atoms with E-state index in [9.17, 15) is 33.9 Å². The molecule has 0 aromatic heterocycles. The van der Waals surface area contributed by atoms with Crippen LogP contribution in [0.4, 0.5) is 10.5 Å². The Labute approximate surface area is 285 Å². The number of imide groups is 1. The third kappa shape index (κ3) is 6.50. The van der Waals surface area contributed by atoms with E-state index >= 15 is 0 Å². The zero-order valence-electron chi connectivity index (χ0n) is 24.1. The predicted octanol–water partition coefficient (Wildman–Crippen LogP) is 2.11. The Bertz CT molecular complexity index is 1700. The summed E-state index contributed by atoms with van der Waals surface area (Å²) in [6, 6.07) is 10.1. The number of carbonyl (C=O) groups excluding carboxylic acids is 5. The lowest BCUT2D eigenvalue weighted by molar-refractivity contribution is -0.153. The minimum Gasteiger partial charge on any atom is -0.477 e. The SMILES string of the molecule is CCN1CCN(C(=O)NC(C(=O)N[C@@H]2C(=O)N3C(C(=O)O)=C(Sc4ccc(NC#N)cc4I)CS[C@@H]23)c2ccccc2)C(=O)C1=O. The van der Waals surface area contributed by atoms with E-state index in [0.717, 1.165) is 18.3 Å². The molecule has 0 bridgehead atoms. The Morgan fingerprint density at radius 3 is 2.52 bits per heavy atom. The number of amides is 6. The molecule has 0 radical (unpaired) electrons. The molecule has 3 heterocycles. The highest BCUT2D eigenvalue weighted by Crippen LogP contribution is 2.46. The summed E-state index contributed by atoms with van der Waals surface area (Å²) in [5.41, 5.74) is 0.777. The minimum atomic E-state index is -1.32. The van der Waals surface area contributed by atoms with Crippen molar-refractivity contribution in [2.24, 2.45) is 0 Å². The molecule has 3 aliphatic heterocycles. The van der Waals surface area contributed by atoms with Gasteiger partial charge in [-0.2, -0.15) is 5.26 Å². The Morgan fingerprint density at radius 2 is 1.87 bits per heavy atom. The maximum absolute atomic E-state index is 13.6. The summed E-state index contributed by atoms with van der Waals surface area (Å²) in [5, 5.41) is 26.0. The molecule has 2 aromatic rings. The van der Waals surface area contributed by atoms with Crippen LogP contribution in [0.2, 0.25) is 0 Å². The maximum Gasteiger partial charge on any atom is 0.353 e. The fourth-order valence-corrected chi connectivity index (χ4v) is 8.40. The number of anilines is 1. The van der Waals surface area contributed by atoms with Gasteiger partial charge in [0, 0.05) is 44.4 Å². The number of thioether (sulfide) groups is 2. The number of urea groups is 1. The number of rotatable bonds is 9. The standard InChI is InChI=1S/C29H26IN7O7S2/c1-2-35-10-11-36(26(41)25(35)40)29(44)34-20(15-6-4-3-5-7-15)23(38)33-21-24(39)37-22(28(42)43)19(13-45-27(21)37)46-18-9-8-16(32-14-31)12-17(18)30/h3-9,12,20-21,27,32H,2,10-11,13H2,1H3,(H,33,38)(H,34,44)(H,42,43)/t20?,21-,27+/m1/s1. The third-order valence-electron chi connectivity index (χ3n) is 7.40. The van der Waals surface area contributed by atoms with Crippen molar-refractivity contribution in [1.29, 1.82) is 5.26 Å². The first kappa shape index (κ1) is 33.1. The number of piperazine rings is 1. The Morgan fingerprint density at radius 1 is 1.13 bits per heavy atom. The molecule has 0 saturated carbocycles. The van der Waals surface area contributed by atoms with Crippen LogP contribution >= 0.6 is 46.1 Å². The topological polar surface area (TPSA) is 192 Å². The number of carbonyl (C=O) groups is 6. The molecular formula is C29H26IN7O7S2. The average molecular weight is 776 g/mol. The molecule has 1 unspecified atom stereocenters. The summed E-state index contributed by atoms with van der Waals surface area (Å²) in [5.74, 6) is -4.24. The molecule has 2 fully saturated rings. The second-order valence-electron chi connectivity index (χ2n) is 10.1.